The first-order valence-electron chi connectivity index (χ1n) is 20.6. The van der Waals surface area contributed by atoms with Crippen LogP contribution in [0.2, 0.25) is 0 Å². The van der Waals surface area contributed by atoms with E-state index >= 15 is 0 Å². The lowest BCUT2D eigenvalue weighted by molar-refractivity contribution is 0.283. The Morgan fingerprint density at radius 3 is 1.12 bits per heavy atom. The van der Waals surface area contributed by atoms with Gasteiger partial charge in [0.15, 0.2) is 0 Å². The van der Waals surface area contributed by atoms with E-state index in [4.69, 9.17) is 9.66 Å². The molecule has 0 aliphatic carbocycles. The summed E-state index contributed by atoms with van der Waals surface area (Å²) in [7, 11) is -3.29. The Bertz CT molecular complexity index is 714. The fourth-order valence-electron chi connectivity index (χ4n) is 6.09. The Hall–Kier alpha value is -0.730. The van der Waals surface area contributed by atoms with Gasteiger partial charge in [-0.3, -0.25) is 8.74 Å². The molecule has 0 rings (SSSR count). The molecule has 0 unspecified atom stereocenters. The molecule has 0 aromatic rings. The second-order valence-corrected chi connectivity index (χ2v) is 15.0. The van der Waals surface area contributed by atoms with Crippen molar-refractivity contribution >= 4 is 10.4 Å². The van der Waals surface area contributed by atoms with Gasteiger partial charge >= 0.3 is 10.4 Å². The van der Waals surface area contributed by atoms with Crippen molar-refractivity contribution in [1.29, 1.82) is 0 Å². The molecule has 0 amide bonds. The van der Waals surface area contributed by atoms with E-state index in [1.807, 2.05) is 0 Å². The van der Waals surface area contributed by atoms with Crippen molar-refractivity contribution in [3.8, 4) is 0 Å². The van der Waals surface area contributed by atoms with Crippen LogP contribution in [0.25, 0.3) is 0 Å². The third-order valence-electron chi connectivity index (χ3n) is 9.18. The van der Waals surface area contributed by atoms with Crippen molar-refractivity contribution in [3.63, 3.8) is 0 Å². The highest BCUT2D eigenvalue weighted by atomic mass is 32.3. The standard InChI is InChI=1S/C40H79NO.CH4O4S/c1-3-5-7-9-11-13-15-17-19-21-23-25-27-29-31-33-35-40(39-41-37-38-42)36-34-32-30-28-26-24-22-20-18-16-14-12-10-8-6-4-2;1-5-6(2,3)4/h17-20,40-42H,3-16,21-39H2,1-2H3;1H3,(H,2,3,4)/b19-17-,20-18-;. The lowest BCUT2D eigenvalue weighted by Gasteiger charge is -2.17. The van der Waals surface area contributed by atoms with Crippen molar-refractivity contribution in [2.45, 2.75) is 206 Å². The number of allylic oxidation sites excluding steroid dienone is 4. The van der Waals surface area contributed by atoms with Gasteiger partial charge in [-0.15, -0.1) is 0 Å². The molecule has 6 nitrogen and oxygen atoms in total. The molecule has 0 aromatic carbocycles. The van der Waals surface area contributed by atoms with Gasteiger partial charge in [0.05, 0.1) is 13.7 Å². The van der Waals surface area contributed by atoms with Crippen molar-refractivity contribution in [1.82, 2.24) is 5.32 Å². The van der Waals surface area contributed by atoms with Crippen molar-refractivity contribution in [2.75, 3.05) is 26.8 Å². The summed E-state index contributed by atoms with van der Waals surface area (Å²) in [4.78, 5) is 0. The molecular weight excluding hydrogens is 619 g/mol. The van der Waals surface area contributed by atoms with Gasteiger partial charge < -0.3 is 10.4 Å². The van der Waals surface area contributed by atoms with Crippen LogP contribution in [0.3, 0.4) is 0 Å². The zero-order valence-electron chi connectivity index (χ0n) is 32.2. The van der Waals surface area contributed by atoms with E-state index in [9.17, 15) is 8.42 Å². The van der Waals surface area contributed by atoms with Gasteiger partial charge in [-0.1, -0.05) is 167 Å². The van der Waals surface area contributed by atoms with Crippen LogP contribution in [0.4, 0.5) is 0 Å². The first-order valence-corrected chi connectivity index (χ1v) is 21.9. The Morgan fingerprint density at radius 2 is 0.833 bits per heavy atom. The first kappa shape index (κ1) is 49.4. The zero-order valence-corrected chi connectivity index (χ0v) is 33.1. The Labute approximate surface area is 300 Å². The summed E-state index contributed by atoms with van der Waals surface area (Å²) in [5.74, 6) is 0.796. The average molecular weight is 702 g/mol. The summed E-state index contributed by atoms with van der Waals surface area (Å²) in [6.07, 6.45) is 51.2. The third-order valence-corrected chi connectivity index (χ3v) is 9.60. The van der Waals surface area contributed by atoms with E-state index in [-0.39, 0.29) is 6.61 Å². The predicted molar refractivity (Wildman–Crippen MR) is 210 cm³/mol. The third kappa shape index (κ3) is 47.4. The SMILES string of the molecule is CCCCCCCC/C=C\CCCCCCCCC(CCCCCCCC/C=C\CCCCCCCC)CNCCO.COS(=O)(=O)O. The first-order chi connectivity index (χ1) is 23.4. The lowest BCUT2D eigenvalue weighted by Crippen LogP contribution is -2.25. The second kappa shape index (κ2) is 42.4. The molecule has 0 radical (unpaired) electrons. The number of aliphatic hydroxyl groups excluding tert-OH is 1. The van der Waals surface area contributed by atoms with Gasteiger partial charge in [0, 0.05) is 6.54 Å². The minimum Gasteiger partial charge on any atom is -0.395 e. The molecular formula is C41H83NO5S. The number of aliphatic hydroxyl groups is 1. The summed E-state index contributed by atoms with van der Waals surface area (Å²) >= 11 is 0. The smallest absolute Gasteiger partial charge is 0.395 e. The fraction of sp³-hybridized carbons (Fsp3) is 0.902. The lowest BCUT2D eigenvalue weighted by atomic mass is 9.94. The molecule has 7 heteroatoms. The van der Waals surface area contributed by atoms with Crippen molar-refractivity contribution in [3.05, 3.63) is 24.3 Å². The summed E-state index contributed by atoms with van der Waals surface area (Å²) in [6, 6.07) is 0. The molecule has 0 spiro atoms. The maximum absolute atomic E-state index is 9.33. The minimum absolute atomic E-state index is 0.259. The highest BCUT2D eigenvalue weighted by Crippen LogP contribution is 2.19. The van der Waals surface area contributed by atoms with Gasteiger partial charge in [-0.25, -0.2) is 0 Å². The summed E-state index contributed by atoms with van der Waals surface area (Å²) in [6.45, 7) is 6.68. The molecule has 0 aliphatic rings. The van der Waals surface area contributed by atoms with E-state index in [1.165, 1.54) is 193 Å². The average Bonchev–Trinajstić information content (AvgIpc) is 3.07. The van der Waals surface area contributed by atoms with Crippen molar-refractivity contribution in [2.24, 2.45) is 5.92 Å². The predicted octanol–water partition coefficient (Wildman–Crippen LogP) is 12.5. The Morgan fingerprint density at radius 1 is 0.542 bits per heavy atom. The fourth-order valence-corrected chi connectivity index (χ4v) is 6.09. The highest BCUT2D eigenvalue weighted by molar-refractivity contribution is 7.80. The van der Waals surface area contributed by atoms with Crippen LogP contribution in [0.1, 0.15) is 206 Å². The minimum atomic E-state index is -4.16. The summed E-state index contributed by atoms with van der Waals surface area (Å²) < 4.78 is 29.7. The van der Waals surface area contributed by atoms with E-state index in [0.29, 0.717) is 0 Å². The molecule has 0 heterocycles. The van der Waals surface area contributed by atoms with E-state index in [1.54, 1.807) is 0 Å². The quantitative estimate of drug-likeness (QED) is 0.0339. The summed E-state index contributed by atoms with van der Waals surface area (Å²) in [5, 5.41) is 12.6. The van der Waals surface area contributed by atoms with E-state index in [0.717, 1.165) is 26.1 Å². The van der Waals surface area contributed by atoms with E-state index in [2.05, 4.69) is 47.7 Å². The molecule has 0 aromatic heterocycles. The van der Waals surface area contributed by atoms with Crippen molar-refractivity contribution < 1.29 is 22.3 Å². The zero-order chi connectivity index (χ0) is 35.7. The van der Waals surface area contributed by atoms with Crippen LogP contribution in [0.5, 0.6) is 0 Å². The van der Waals surface area contributed by atoms with Gasteiger partial charge in [0.25, 0.3) is 0 Å². The number of hydrogen-bond donors (Lipinski definition) is 3. The molecule has 0 aliphatic heterocycles. The number of rotatable bonds is 37. The van der Waals surface area contributed by atoms with Gasteiger partial charge in [-0.2, -0.15) is 8.42 Å². The molecule has 3 N–H and O–H groups in total. The summed E-state index contributed by atoms with van der Waals surface area (Å²) in [5.41, 5.74) is 0. The van der Waals surface area contributed by atoms with Crippen LogP contribution < -0.4 is 5.32 Å². The normalized spacial score (nSPS) is 12.0. The number of hydrogen-bond acceptors (Lipinski definition) is 5. The van der Waals surface area contributed by atoms with Crippen LogP contribution in [0, 0.1) is 5.92 Å². The van der Waals surface area contributed by atoms with E-state index < -0.39 is 10.4 Å². The Balaban J connectivity index is 0. The Kier molecular flexibility index (Phi) is 43.7. The van der Waals surface area contributed by atoms with Gasteiger partial charge in [0.2, 0.25) is 0 Å². The maximum Gasteiger partial charge on any atom is 0.397 e. The molecule has 0 fully saturated rings. The monoisotopic (exact) mass is 702 g/mol. The van der Waals surface area contributed by atoms with Gasteiger partial charge in [0.1, 0.15) is 0 Å². The highest BCUT2D eigenvalue weighted by Gasteiger charge is 2.08. The molecule has 0 saturated heterocycles. The van der Waals surface area contributed by atoms with Crippen LogP contribution in [0.15, 0.2) is 24.3 Å². The molecule has 0 saturated carbocycles. The molecule has 0 bridgehead atoms. The topological polar surface area (TPSA) is 95.9 Å². The van der Waals surface area contributed by atoms with Crippen LogP contribution >= 0.6 is 0 Å². The molecule has 288 valence electrons. The molecule has 48 heavy (non-hydrogen) atoms. The number of unbranched alkanes of at least 4 members (excludes halogenated alkanes) is 24. The maximum atomic E-state index is 9.33. The van der Waals surface area contributed by atoms with Crippen LogP contribution in [-0.4, -0.2) is 44.9 Å². The molecule has 0 atom stereocenters. The largest absolute Gasteiger partial charge is 0.397 e. The second-order valence-electron chi connectivity index (χ2n) is 13.8. The van der Waals surface area contributed by atoms with Gasteiger partial charge in [-0.05, 0) is 76.7 Å². The number of nitrogens with one attached hydrogen (secondary N) is 1. The van der Waals surface area contributed by atoms with Crippen LogP contribution in [-0.2, 0) is 14.6 Å².